The van der Waals surface area contributed by atoms with Crippen molar-refractivity contribution in [2.75, 3.05) is 0 Å². The maximum atomic E-state index is 5.84. The summed E-state index contributed by atoms with van der Waals surface area (Å²) in [5.41, 5.74) is 0. The summed E-state index contributed by atoms with van der Waals surface area (Å²) in [4.78, 5) is 3.93. The van der Waals surface area contributed by atoms with Crippen molar-refractivity contribution < 1.29 is 4.74 Å². The molecule has 0 N–H and O–H groups in total. The van der Waals surface area contributed by atoms with Crippen LogP contribution in [0.5, 0.6) is 11.5 Å². The number of pyridine rings is 1. The highest BCUT2D eigenvalue weighted by atomic mass is 79.9. The molecule has 0 aliphatic heterocycles. The molecule has 2 nitrogen and oxygen atoms in total. The Morgan fingerprint density at radius 3 is 2.74 bits per heavy atom. The normalized spacial score (nSPS) is 10.6. The summed E-state index contributed by atoms with van der Waals surface area (Å²) in [6.45, 7) is 0. The van der Waals surface area contributed by atoms with Crippen molar-refractivity contribution in [2.24, 2.45) is 0 Å². The number of fused-ring (bicyclic) bond motifs is 1. The summed E-state index contributed by atoms with van der Waals surface area (Å²) >= 11 is 9.43. The summed E-state index contributed by atoms with van der Waals surface area (Å²) in [5.74, 6) is 1.41. The summed E-state index contributed by atoms with van der Waals surface area (Å²) in [7, 11) is 0. The predicted molar refractivity (Wildman–Crippen MR) is 81.0 cm³/mol. The molecule has 0 saturated heterocycles. The monoisotopic (exact) mass is 333 g/mol. The van der Waals surface area contributed by atoms with Crippen LogP contribution < -0.4 is 4.74 Å². The molecule has 94 valence electrons. The van der Waals surface area contributed by atoms with E-state index >= 15 is 0 Å². The third-order valence-electron chi connectivity index (χ3n) is 2.75. The Hall–Kier alpha value is -1.58. The molecule has 0 radical (unpaired) electrons. The van der Waals surface area contributed by atoms with E-state index < -0.39 is 0 Å². The van der Waals surface area contributed by atoms with E-state index in [9.17, 15) is 0 Å². The van der Waals surface area contributed by atoms with Gasteiger partial charge in [0.2, 0.25) is 0 Å². The predicted octanol–water partition coefficient (Wildman–Crippen LogP) is 5.44. The fraction of sp³-hybridized carbons (Fsp3) is 0. The topological polar surface area (TPSA) is 22.1 Å². The molecule has 1 heterocycles. The lowest BCUT2D eigenvalue weighted by Gasteiger charge is -2.10. The highest BCUT2D eigenvalue weighted by Gasteiger charge is 2.07. The minimum Gasteiger partial charge on any atom is -0.456 e. The first-order chi connectivity index (χ1) is 9.24. The second kappa shape index (κ2) is 5.19. The number of rotatable bonds is 2. The average molecular weight is 335 g/mol. The van der Waals surface area contributed by atoms with Gasteiger partial charge in [-0.1, -0.05) is 41.9 Å². The number of halogens is 2. The van der Waals surface area contributed by atoms with Crippen molar-refractivity contribution in [3.05, 3.63) is 64.4 Å². The van der Waals surface area contributed by atoms with E-state index in [0.717, 1.165) is 21.0 Å². The van der Waals surface area contributed by atoms with Crippen molar-refractivity contribution in [1.29, 1.82) is 0 Å². The largest absolute Gasteiger partial charge is 0.456 e. The zero-order valence-corrected chi connectivity index (χ0v) is 12.1. The Bertz CT molecular complexity index is 745. The quantitative estimate of drug-likeness (QED) is 0.582. The number of hydrogen-bond acceptors (Lipinski definition) is 2. The standard InChI is InChI=1S/C15H9BrClNO/c16-15-12-4-2-1-3-10(12)5-6-13(15)19-11-7-8-18-14(17)9-11/h1-9H. The summed E-state index contributed by atoms with van der Waals surface area (Å²) in [6.07, 6.45) is 1.62. The molecule has 3 rings (SSSR count). The average Bonchev–Trinajstić information content (AvgIpc) is 2.42. The molecular weight excluding hydrogens is 326 g/mol. The van der Waals surface area contributed by atoms with Gasteiger partial charge >= 0.3 is 0 Å². The molecule has 19 heavy (non-hydrogen) atoms. The van der Waals surface area contributed by atoms with E-state index in [1.165, 1.54) is 0 Å². The van der Waals surface area contributed by atoms with E-state index in [4.69, 9.17) is 16.3 Å². The summed E-state index contributed by atoms with van der Waals surface area (Å²) in [5, 5.41) is 2.68. The number of benzene rings is 2. The lowest BCUT2D eigenvalue weighted by atomic mass is 10.1. The number of nitrogens with zero attached hydrogens (tertiary/aromatic N) is 1. The molecule has 0 spiro atoms. The molecule has 0 aliphatic rings. The molecule has 4 heteroatoms. The van der Waals surface area contributed by atoms with Gasteiger partial charge in [-0.15, -0.1) is 0 Å². The van der Waals surface area contributed by atoms with Gasteiger partial charge in [0.15, 0.2) is 0 Å². The van der Waals surface area contributed by atoms with Gasteiger partial charge < -0.3 is 4.74 Å². The number of ether oxygens (including phenoxy) is 1. The fourth-order valence-electron chi connectivity index (χ4n) is 1.87. The number of aromatic nitrogens is 1. The second-order valence-corrected chi connectivity index (χ2v) is 5.20. The van der Waals surface area contributed by atoms with Gasteiger partial charge in [-0.2, -0.15) is 0 Å². The first kappa shape index (κ1) is 12.5. The Balaban J connectivity index is 2.04. The molecule has 2 aromatic carbocycles. The first-order valence-corrected chi connectivity index (χ1v) is 6.88. The van der Waals surface area contributed by atoms with Crippen LogP contribution in [0.15, 0.2) is 59.2 Å². The van der Waals surface area contributed by atoms with E-state index in [-0.39, 0.29) is 0 Å². The highest BCUT2D eigenvalue weighted by molar-refractivity contribution is 9.10. The van der Waals surface area contributed by atoms with Gasteiger partial charge in [0.25, 0.3) is 0 Å². The maximum Gasteiger partial charge on any atom is 0.142 e. The molecule has 0 fully saturated rings. The zero-order chi connectivity index (χ0) is 13.2. The lowest BCUT2D eigenvalue weighted by Crippen LogP contribution is -1.87. The van der Waals surface area contributed by atoms with E-state index in [2.05, 4.69) is 27.0 Å². The van der Waals surface area contributed by atoms with Crippen LogP contribution in [-0.4, -0.2) is 4.98 Å². The second-order valence-electron chi connectivity index (χ2n) is 4.02. The molecule has 0 saturated carbocycles. The highest BCUT2D eigenvalue weighted by Crippen LogP contribution is 2.35. The van der Waals surface area contributed by atoms with Crippen LogP contribution in [0, 0.1) is 0 Å². The zero-order valence-electron chi connectivity index (χ0n) is 9.81. The van der Waals surface area contributed by atoms with Crippen molar-refractivity contribution >= 4 is 38.3 Å². The molecule has 0 unspecified atom stereocenters. The van der Waals surface area contributed by atoms with Crippen LogP contribution in [0.25, 0.3) is 10.8 Å². The summed E-state index contributed by atoms with van der Waals surface area (Å²) in [6, 6.07) is 15.5. The SMILES string of the molecule is Clc1cc(Oc2ccc3ccccc3c2Br)ccn1. The van der Waals surface area contributed by atoms with Crippen LogP contribution in [0.4, 0.5) is 0 Å². The van der Waals surface area contributed by atoms with Gasteiger partial charge in [-0.25, -0.2) is 4.98 Å². The Morgan fingerprint density at radius 1 is 1.05 bits per heavy atom. The molecule has 0 atom stereocenters. The first-order valence-electron chi connectivity index (χ1n) is 5.71. The van der Waals surface area contributed by atoms with Crippen molar-refractivity contribution in [3.63, 3.8) is 0 Å². The molecular formula is C15H9BrClNO. The molecule has 3 aromatic rings. The van der Waals surface area contributed by atoms with Gasteiger partial charge in [0.1, 0.15) is 16.7 Å². The van der Waals surface area contributed by atoms with Crippen LogP contribution in [0.3, 0.4) is 0 Å². The molecule has 0 amide bonds. The van der Waals surface area contributed by atoms with Crippen molar-refractivity contribution in [1.82, 2.24) is 4.98 Å². The fourth-order valence-corrected chi connectivity index (χ4v) is 2.61. The Morgan fingerprint density at radius 2 is 1.89 bits per heavy atom. The minimum atomic E-state index is 0.411. The Labute approximate surface area is 124 Å². The smallest absolute Gasteiger partial charge is 0.142 e. The minimum absolute atomic E-state index is 0.411. The van der Waals surface area contributed by atoms with Crippen molar-refractivity contribution in [3.8, 4) is 11.5 Å². The molecule has 0 bridgehead atoms. The summed E-state index contributed by atoms with van der Waals surface area (Å²) < 4.78 is 6.76. The van der Waals surface area contributed by atoms with E-state index in [1.54, 1.807) is 18.3 Å². The number of hydrogen-bond donors (Lipinski definition) is 0. The third-order valence-corrected chi connectivity index (χ3v) is 3.78. The maximum absolute atomic E-state index is 5.84. The van der Waals surface area contributed by atoms with Gasteiger partial charge in [-0.3, -0.25) is 0 Å². The van der Waals surface area contributed by atoms with Crippen molar-refractivity contribution in [2.45, 2.75) is 0 Å². The van der Waals surface area contributed by atoms with Gasteiger partial charge in [0, 0.05) is 12.3 Å². The van der Waals surface area contributed by atoms with Gasteiger partial charge in [0.05, 0.1) is 4.47 Å². The lowest BCUT2D eigenvalue weighted by molar-refractivity contribution is 0.480. The van der Waals surface area contributed by atoms with Crippen LogP contribution in [0.1, 0.15) is 0 Å². The molecule has 1 aromatic heterocycles. The van der Waals surface area contributed by atoms with E-state index in [1.807, 2.05) is 30.3 Å². The Kier molecular flexibility index (Phi) is 3.40. The van der Waals surface area contributed by atoms with Crippen LogP contribution in [-0.2, 0) is 0 Å². The molecule has 0 aliphatic carbocycles. The van der Waals surface area contributed by atoms with E-state index in [0.29, 0.717) is 10.9 Å². The van der Waals surface area contributed by atoms with Crippen LogP contribution in [0.2, 0.25) is 5.15 Å². The van der Waals surface area contributed by atoms with Crippen LogP contribution >= 0.6 is 27.5 Å². The third kappa shape index (κ3) is 2.57. The van der Waals surface area contributed by atoms with Gasteiger partial charge in [-0.05, 0) is 38.8 Å².